The van der Waals surface area contributed by atoms with Gasteiger partial charge in [0.1, 0.15) is 11.6 Å². The Kier molecular flexibility index (Phi) is 4.39. The highest BCUT2D eigenvalue weighted by molar-refractivity contribution is 14.1. The van der Waals surface area contributed by atoms with Crippen molar-refractivity contribution in [2.45, 2.75) is 9.79 Å². The Hall–Kier alpha value is -1.59. The van der Waals surface area contributed by atoms with E-state index in [0.29, 0.717) is 0 Å². The van der Waals surface area contributed by atoms with Crippen molar-refractivity contribution in [3.63, 3.8) is 0 Å². The van der Waals surface area contributed by atoms with Crippen molar-refractivity contribution in [2.75, 3.05) is 0 Å². The van der Waals surface area contributed by atoms with Gasteiger partial charge >= 0.3 is 0 Å². The van der Waals surface area contributed by atoms with Crippen LogP contribution in [0.4, 0.5) is 5.69 Å². The van der Waals surface area contributed by atoms with Gasteiger partial charge < -0.3 is 0 Å². The Morgan fingerprint density at radius 3 is 2.37 bits per heavy atom. The number of nitro benzene ring substituents is 1. The maximum atomic E-state index is 10.9. The largest absolute Gasteiger partial charge is 0.288 e. The second kappa shape index (κ2) is 6.04. The molecule has 4 nitrogen and oxygen atoms in total. The molecule has 0 radical (unpaired) electrons. The van der Waals surface area contributed by atoms with E-state index >= 15 is 0 Å². The first-order chi connectivity index (χ1) is 9.10. The van der Waals surface area contributed by atoms with Crippen LogP contribution in [0.2, 0.25) is 0 Å². The first kappa shape index (κ1) is 13.8. The topological polar surface area (TPSA) is 66.9 Å². The van der Waals surface area contributed by atoms with Crippen molar-refractivity contribution in [3.05, 3.63) is 61.7 Å². The van der Waals surface area contributed by atoms with Gasteiger partial charge in [0.05, 0.1) is 4.92 Å². The van der Waals surface area contributed by atoms with Crippen LogP contribution in [0.1, 0.15) is 5.56 Å². The van der Waals surface area contributed by atoms with Gasteiger partial charge in [0, 0.05) is 19.4 Å². The molecule has 2 aromatic carbocycles. The molecule has 0 fully saturated rings. The fraction of sp³-hybridized carbons (Fsp3) is 0. The number of hydrogen-bond acceptors (Lipinski definition) is 4. The summed E-state index contributed by atoms with van der Waals surface area (Å²) >= 11 is 3.65. The van der Waals surface area contributed by atoms with Crippen LogP contribution in [0, 0.1) is 25.0 Å². The lowest BCUT2D eigenvalue weighted by Crippen LogP contribution is -1.92. The van der Waals surface area contributed by atoms with Crippen molar-refractivity contribution in [1.29, 1.82) is 5.26 Å². The van der Waals surface area contributed by atoms with Crippen molar-refractivity contribution in [2.24, 2.45) is 0 Å². The van der Waals surface area contributed by atoms with Gasteiger partial charge in [0.25, 0.3) is 5.69 Å². The van der Waals surface area contributed by atoms with Gasteiger partial charge in [0.15, 0.2) is 0 Å². The molecule has 0 aliphatic rings. The quantitative estimate of drug-likeness (QED) is 0.453. The molecule has 0 N–H and O–H groups in total. The Morgan fingerprint density at radius 1 is 1.16 bits per heavy atom. The number of nitriles is 1. The third kappa shape index (κ3) is 3.45. The lowest BCUT2D eigenvalue weighted by atomic mass is 10.2. The second-order valence-electron chi connectivity index (χ2n) is 3.60. The summed E-state index contributed by atoms with van der Waals surface area (Å²) in [7, 11) is 0. The number of rotatable bonds is 3. The van der Waals surface area contributed by atoms with E-state index in [1.165, 1.54) is 23.9 Å². The van der Waals surface area contributed by atoms with Crippen molar-refractivity contribution >= 4 is 40.0 Å². The van der Waals surface area contributed by atoms with E-state index < -0.39 is 4.92 Å². The van der Waals surface area contributed by atoms with E-state index in [1.54, 1.807) is 6.07 Å². The molecule has 2 aromatic rings. The van der Waals surface area contributed by atoms with Crippen LogP contribution < -0.4 is 0 Å². The molecule has 94 valence electrons. The highest BCUT2D eigenvalue weighted by Crippen LogP contribution is 2.31. The molecule has 6 heteroatoms. The highest BCUT2D eigenvalue weighted by atomic mass is 127. The summed E-state index contributed by atoms with van der Waals surface area (Å²) in [5, 5.41) is 19.7. The number of hydrogen-bond donors (Lipinski definition) is 0. The zero-order valence-corrected chi connectivity index (χ0v) is 12.5. The van der Waals surface area contributed by atoms with E-state index in [2.05, 4.69) is 22.6 Å². The molecule has 19 heavy (non-hydrogen) atoms. The minimum Gasteiger partial charge on any atom is -0.258 e. The first-order valence-corrected chi connectivity index (χ1v) is 7.11. The van der Waals surface area contributed by atoms with Crippen molar-refractivity contribution < 1.29 is 4.92 Å². The van der Waals surface area contributed by atoms with Gasteiger partial charge in [-0.3, -0.25) is 10.1 Å². The van der Waals surface area contributed by atoms with Crippen LogP contribution in [0.25, 0.3) is 0 Å². The van der Waals surface area contributed by atoms with Crippen molar-refractivity contribution in [3.8, 4) is 6.07 Å². The third-order valence-corrected chi connectivity index (χ3v) is 4.05. The number of nitro groups is 1. The Labute approximate surface area is 127 Å². The summed E-state index contributed by atoms with van der Waals surface area (Å²) in [6.45, 7) is 0. The van der Waals surface area contributed by atoms with E-state index in [1.807, 2.05) is 30.3 Å². The predicted octanol–water partition coefficient (Wildman–Crippen LogP) is 4.22. The average Bonchev–Trinajstić information content (AvgIpc) is 2.41. The SMILES string of the molecule is N#Cc1ccc(Sc2ccc(I)cc2)cc1[N+](=O)[O-]. The van der Waals surface area contributed by atoms with Gasteiger partial charge in [-0.2, -0.15) is 5.26 Å². The molecule has 0 spiro atoms. The molecule has 0 aliphatic heterocycles. The predicted molar refractivity (Wildman–Crippen MR) is 81.1 cm³/mol. The van der Waals surface area contributed by atoms with Gasteiger partial charge in [-0.05, 0) is 59.0 Å². The molecular formula is C13H7IN2O2S. The normalized spacial score (nSPS) is 9.89. The van der Waals surface area contributed by atoms with E-state index in [9.17, 15) is 10.1 Å². The molecule has 0 amide bonds. The van der Waals surface area contributed by atoms with Gasteiger partial charge in [0.2, 0.25) is 0 Å². The van der Waals surface area contributed by atoms with Crippen LogP contribution >= 0.6 is 34.4 Å². The Balaban J connectivity index is 2.31. The molecule has 0 aromatic heterocycles. The molecule has 2 rings (SSSR count). The molecule has 0 saturated heterocycles. The summed E-state index contributed by atoms with van der Waals surface area (Å²) < 4.78 is 1.13. The lowest BCUT2D eigenvalue weighted by Gasteiger charge is -2.02. The Bertz CT molecular complexity index is 665. The monoisotopic (exact) mass is 382 g/mol. The number of nitrogens with zero attached hydrogens (tertiary/aromatic N) is 2. The molecule has 0 heterocycles. The summed E-state index contributed by atoms with van der Waals surface area (Å²) in [6.07, 6.45) is 0. The highest BCUT2D eigenvalue weighted by Gasteiger charge is 2.14. The minimum atomic E-state index is -0.531. The summed E-state index contributed by atoms with van der Waals surface area (Å²) in [6, 6.07) is 14.3. The number of halogens is 1. The molecule has 0 aliphatic carbocycles. The summed E-state index contributed by atoms with van der Waals surface area (Å²) in [5.41, 5.74) is -0.0741. The smallest absolute Gasteiger partial charge is 0.258 e. The lowest BCUT2D eigenvalue weighted by molar-refractivity contribution is -0.385. The van der Waals surface area contributed by atoms with Gasteiger partial charge in [-0.1, -0.05) is 11.8 Å². The molecule has 0 saturated carbocycles. The average molecular weight is 382 g/mol. The standard InChI is InChI=1S/C13H7IN2O2S/c14-10-2-5-11(6-3-10)19-12-4-1-9(8-15)13(7-12)16(17)18/h1-7H. The van der Waals surface area contributed by atoms with E-state index in [0.717, 1.165) is 13.4 Å². The molecular weight excluding hydrogens is 375 g/mol. The minimum absolute atomic E-state index is 0.0805. The fourth-order valence-electron chi connectivity index (χ4n) is 1.46. The van der Waals surface area contributed by atoms with Crippen LogP contribution in [0.15, 0.2) is 52.3 Å². The zero-order chi connectivity index (χ0) is 13.8. The zero-order valence-electron chi connectivity index (χ0n) is 9.54. The van der Waals surface area contributed by atoms with Crippen molar-refractivity contribution in [1.82, 2.24) is 0 Å². The van der Waals surface area contributed by atoms with Crippen LogP contribution in [-0.4, -0.2) is 4.92 Å². The molecule has 0 bridgehead atoms. The van der Waals surface area contributed by atoms with E-state index in [-0.39, 0.29) is 11.3 Å². The maximum Gasteiger partial charge on any atom is 0.288 e. The summed E-state index contributed by atoms with van der Waals surface area (Å²) in [5.74, 6) is 0. The van der Waals surface area contributed by atoms with Crippen LogP contribution in [0.3, 0.4) is 0 Å². The van der Waals surface area contributed by atoms with Crippen LogP contribution in [-0.2, 0) is 0 Å². The third-order valence-electron chi connectivity index (χ3n) is 2.34. The van der Waals surface area contributed by atoms with E-state index in [4.69, 9.17) is 5.26 Å². The van der Waals surface area contributed by atoms with Gasteiger partial charge in [-0.15, -0.1) is 0 Å². The van der Waals surface area contributed by atoms with Crippen LogP contribution in [0.5, 0.6) is 0 Å². The number of benzene rings is 2. The summed E-state index contributed by atoms with van der Waals surface area (Å²) in [4.78, 5) is 12.1. The second-order valence-corrected chi connectivity index (χ2v) is 6.00. The first-order valence-electron chi connectivity index (χ1n) is 5.22. The van der Waals surface area contributed by atoms with Gasteiger partial charge in [-0.25, -0.2) is 0 Å². The maximum absolute atomic E-state index is 10.9. The molecule has 0 unspecified atom stereocenters. The molecule has 0 atom stereocenters. The fourth-order valence-corrected chi connectivity index (χ4v) is 2.67. The Morgan fingerprint density at radius 2 is 1.79 bits per heavy atom.